The van der Waals surface area contributed by atoms with E-state index in [1.165, 1.54) is 6.20 Å². The highest BCUT2D eigenvalue weighted by Crippen LogP contribution is 2.11. The molecule has 0 saturated heterocycles. The Bertz CT molecular complexity index is 690. The average Bonchev–Trinajstić information content (AvgIpc) is 2.91. The van der Waals surface area contributed by atoms with Gasteiger partial charge < -0.3 is 4.42 Å². The van der Waals surface area contributed by atoms with Crippen LogP contribution in [0.2, 0.25) is 0 Å². The summed E-state index contributed by atoms with van der Waals surface area (Å²) in [6, 6.07) is 11.0. The van der Waals surface area contributed by atoms with Crippen LogP contribution in [0.5, 0.6) is 0 Å². The van der Waals surface area contributed by atoms with Gasteiger partial charge >= 0.3 is 0 Å². The van der Waals surface area contributed by atoms with Gasteiger partial charge in [-0.05, 0) is 24.3 Å². The van der Waals surface area contributed by atoms with E-state index in [4.69, 9.17) is 4.42 Å². The number of hydrogen-bond acceptors (Lipinski definition) is 4. The van der Waals surface area contributed by atoms with Crippen LogP contribution < -0.4 is 0 Å². The highest BCUT2D eigenvalue weighted by molar-refractivity contribution is 5.96. The minimum Gasteiger partial charge on any atom is -0.469 e. The summed E-state index contributed by atoms with van der Waals surface area (Å²) in [5.74, 6) is 0.540. The lowest BCUT2D eigenvalue weighted by molar-refractivity contribution is 0.0982. The summed E-state index contributed by atoms with van der Waals surface area (Å²) in [5, 5.41) is 0. The van der Waals surface area contributed by atoms with E-state index < -0.39 is 0 Å². The van der Waals surface area contributed by atoms with E-state index in [0.29, 0.717) is 11.5 Å². The molecule has 4 heteroatoms. The first-order valence-corrected chi connectivity index (χ1v) is 5.60. The van der Waals surface area contributed by atoms with Gasteiger partial charge in [0.15, 0.2) is 5.78 Å². The van der Waals surface area contributed by atoms with Crippen LogP contribution in [0.15, 0.2) is 53.3 Å². The molecule has 1 aromatic carbocycles. The fraction of sp³-hybridized carbons (Fsp3) is 0.0714. The highest BCUT2D eigenvalue weighted by Gasteiger charge is 2.11. The van der Waals surface area contributed by atoms with E-state index in [9.17, 15) is 4.79 Å². The predicted octanol–water partition coefficient (Wildman–Crippen LogP) is 2.65. The van der Waals surface area contributed by atoms with E-state index in [-0.39, 0.29) is 12.2 Å². The molecule has 0 spiro atoms. The van der Waals surface area contributed by atoms with E-state index in [1.54, 1.807) is 18.4 Å². The third-order valence-corrected chi connectivity index (χ3v) is 2.65. The van der Waals surface area contributed by atoms with Crippen LogP contribution in [0.25, 0.3) is 11.0 Å². The Morgan fingerprint density at radius 3 is 2.72 bits per heavy atom. The molecule has 0 bridgehead atoms. The molecule has 3 rings (SSSR count). The molecule has 0 saturated carbocycles. The maximum Gasteiger partial charge on any atom is 0.190 e. The summed E-state index contributed by atoms with van der Waals surface area (Å²) in [5.41, 5.74) is 1.87. The zero-order valence-corrected chi connectivity index (χ0v) is 9.54. The monoisotopic (exact) mass is 238 g/mol. The zero-order chi connectivity index (χ0) is 12.4. The van der Waals surface area contributed by atoms with Crippen LogP contribution in [0.4, 0.5) is 0 Å². The maximum absolute atomic E-state index is 12.0. The van der Waals surface area contributed by atoms with Crippen LogP contribution in [0.1, 0.15) is 16.2 Å². The molecule has 0 aliphatic rings. The van der Waals surface area contributed by atoms with Gasteiger partial charge in [-0.2, -0.15) is 0 Å². The third-order valence-electron chi connectivity index (χ3n) is 2.65. The standard InChI is InChI=1S/C14H10N2O2/c17-14(8-10-4-3-7-18-10)13-9-15-11-5-1-2-6-12(11)16-13/h1-7,9H,8H2. The lowest BCUT2D eigenvalue weighted by atomic mass is 10.2. The number of para-hydroxylation sites is 2. The van der Waals surface area contributed by atoms with E-state index in [1.807, 2.05) is 24.3 Å². The van der Waals surface area contributed by atoms with Gasteiger partial charge in [-0.1, -0.05) is 12.1 Å². The zero-order valence-electron chi connectivity index (χ0n) is 9.54. The number of rotatable bonds is 3. The van der Waals surface area contributed by atoms with E-state index in [0.717, 1.165) is 11.0 Å². The molecule has 2 heterocycles. The Hall–Kier alpha value is -2.49. The highest BCUT2D eigenvalue weighted by atomic mass is 16.3. The van der Waals surface area contributed by atoms with Crippen molar-refractivity contribution in [2.75, 3.05) is 0 Å². The van der Waals surface area contributed by atoms with Crippen molar-refractivity contribution in [1.82, 2.24) is 9.97 Å². The van der Waals surface area contributed by atoms with Gasteiger partial charge in [0.2, 0.25) is 0 Å². The van der Waals surface area contributed by atoms with Crippen LogP contribution in [-0.2, 0) is 6.42 Å². The number of benzene rings is 1. The van der Waals surface area contributed by atoms with Crippen LogP contribution in [0.3, 0.4) is 0 Å². The molecule has 0 amide bonds. The molecule has 0 N–H and O–H groups in total. The van der Waals surface area contributed by atoms with Gasteiger partial charge in [-0.25, -0.2) is 4.98 Å². The fourth-order valence-corrected chi connectivity index (χ4v) is 1.75. The van der Waals surface area contributed by atoms with Crippen molar-refractivity contribution in [3.05, 3.63) is 60.3 Å². The largest absolute Gasteiger partial charge is 0.469 e. The fourth-order valence-electron chi connectivity index (χ4n) is 1.75. The molecular formula is C14H10N2O2. The van der Waals surface area contributed by atoms with Crippen molar-refractivity contribution < 1.29 is 9.21 Å². The number of hydrogen-bond donors (Lipinski definition) is 0. The smallest absolute Gasteiger partial charge is 0.190 e. The third kappa shape index (κ3) is 2.00. The molecule has 0 aliphatic heterocycles. The van der Waals surface area contributed by atoms with Crippen molar-refractivity contribution in [2.45, 2.75) is 6.42 Å². The average molecular weight is 238 g/mol. The maximum atomic E-state index is 12.0. The molecule has 0 fully saturated rings. The summed E-state index contributed by atoms with van der Waals surface area (Å²) in [6.45, 7) is 0. The molecule has 88 valence electrons. The van der Waals surface area contributed by atoms with Crippen molar-refractivity contribution >= 4 is 16.8 Å². The van der Waals surface area contributed by atoms with Gasteiger partial charge in [-0.3, -0.25) is 9.78 Å². The Kier molecular flexibility index (Phi) is 2.61. The van der Waals surface area contributed by atoms with E-state index >= 15 is 0 Å². The number of ketones is 1. The number of furan rings is 1. The van der Waals surface area contributed by atoms with Crippen LogP contribution in [-0.4, -0.2) is 15.8 Å². The van der Waals surface area contributed by atoms with Crippen molar-refractivity contribution in [3.63, 3.8) is 0 Å². The summed E-state index contributed by atoms with van der Waals surface area (Å²) in [4.78, 5) is 20.5. The second kappa shape index (κ2) is 4.41. The topological polar surface area (TPSA) is 56.0 Å². The van der Waals surface area contributed by atoms with Crippen molar-refractivity contribution in [2.24, 2.45) is 0 Å². The number of aromatic nitrogens is 2. The number of Topliss-reactive ketones (excluding diaryl/α,β-unsaturated/α-hetero) is 1. The number of nitrogens with zero attached hydrogens (tertiary/aromatic N) is 2. The minimum absolute atomic E-state index is 0.0943. The SMILES string of the molecule is O=C(Cc1ccco1)c1cnc2ccccc2n1. The number of fused-ring (bicyclic) bond motifs is 1. The Morgan fingerprint density at radius 1 is 1.11 bits per heavy atom. The molecule has 0 unspecified atom stereocenters. The van der Waals surface area contributed by atoms with Gasteiger partial charge in [0.25, 0.3) is 0 Å². The lowest BCUT2D eigenvalue weighted by Crippen LogP contribution is -2.06. The first-order chi connectivity index (χ1) is 8.83. The van der Waals surface area contributed by atoms with Gasteiger partial charge in [-0.15, -0.1) is 0 Å². The predicted molar refractivity (Wildman–Crippen MR) is 66.3 cm³/mol. The molecule has 18 heavy (non-hydrogen) atoms. The normalized spacial score (nSPS) is 10.7. The minimum atomic E-state index is -0.0943. The summed E-state index contributed by atoms with van der Waals surface area (Å²) in [6.07, 6.45) is 3.27. The molecule has 0 atom stereocenters. The summed E-state index contributed by atoms with van der Waals surface area (Å²) >= 11 is 0. The lowest BCUT2D eigenvalue weighted by Gasteiger charge is -2.00. The molecule has 3 aromatic rings. The Morgan fingerprint density at radius 2 is 1.94 bits per heavy atom. The van der Waals surface area contributed by atoms with Crippen LogP contribution in [0, 0.1) is 0 Å². The number of carbonyl (C=O) groups excluding carboxylic acids is 1. The molecule has 2 aromatic heterocycles. The van der Waals surface area contributed by atoms with Crippen molar-refractivity contribution in [3.8, 4) is 0 Å². The van der Waals surface area contributed by atoms with Gasteiger partial charge in [0.1, 0.15) is 11.5 Å². The molecule has 4 nitrogen and oxygen atoms in total. The second-order valence-electron chi connectivity index (χ2n) is 3.92. The molecule has 0 radical (unpaired) electrons. The van der Waals surface area contributed by atoms with Crippen molar-refractivity contribution in [1.29, 1.82) is 0 Å². The quantitative estimate of drug-likeness (QED) is 0.658. The Labute approximate surface area is 103 Å². The van der Waals surface area contributed by atoms with Crippen LogP contribution >= 0.6 is 0 Å². The molecule has 0 aliphatic carbocycles. The van der Waals surface area contributed by atoms with E-state index in [2.05, 4.69) is 9.97 Å². The molecular weight excluding hydrogens is 228 g/mol. The number of carbonyl (C=O) groups is 1. The summed E-state index contributed by atoms with van der Waals surface area (Å²) < 4.78 is 5.14. The van der Waals surface area contributed by atoms with Gasteiger partial charge in [0, 0.05) is 0 Å². The first-order valence-electron chi connectivity index (χ1n) is 5.60. The second-order valence-corrected chi connectivity index (χ2v) is 3.92. The summed E-state index contributed by atoms with van der Waals surface area (Å²) in [7, 11) is 0. The Balaban J connectivity index is 1.92. The first kappa shape index (κ1) is 10.7. The van der Waals surface area contributed by atoms with Gasteiger partial charge in [0.05, 0.1) is 29.9 Å².